The molecule has 0 atom stereocenters. The zero-order valence-corrected chi connectivity index (χ0v) is 12.0. The molecule has 2 rings (SSSR count). The number of hydrogen-bond acceptors (Lipinski definition) is 2. The van der Waals surface area contributed by atoms with E-state index < -0.39 is 5.97 Å². The summed E-state index contributed by atoms with van der Waals surface area (Å²) in [5.41, 5.74) is 2.17. The molecule has 0 unspecified atom stereocenters. The largest absolute Gasteiger partial charge is 0.478 e. The van der Waals surface area contributed by atoms with E-state index in [2.05, 4.69) is 24.4 Å². The third kappa shape index (κ3) is 4.82. The molecule has 0 saturated heterocycles. The molecule has 0 aromatic heterocycles. The summed E-state index contributed by atoms with van der Waals surface area (Å²) in [7, 11) is 0. The van der Waals surface area contributed by atoms with Crippen LogP contribution >= 0.6 is 0 Å². The van der Waals surface area contributed by atoms with Crippen molar-refractivity contribution in [1.82, 2.24) is 5.32 Å². The molecule has 0 aliphatic heterocycles. The fraction of sp³-hybridized carbons (Fsp3) is 0.471. The van der Waals surface area contributed by atoms with Gasteiger partial charge in [0, 0.05) is 18.7 Å². The Kier molecular flexibility index (Phi) is 5.36. The number of carbonyl (C=O) groups is 1. The van der Waals surface area contributed by atoms with Crippen LogP contribution in [0.1, 0.15) is 43.7 Å². The topological polar surface area (TPSA) is 49.3 Å². The average Bonchev–Trinajstić information content (AvgIpc) is 2.45. The first-order valence-electron chi connectivity index (χ1n) is 7.37. The van der Waals surface area contributed by atoms with Gasteiger partial charge in [-0.15, -0.1) is 0 Å². The van der Waals surface area contributed by atoms with E-state index >= 15 is 0 Å². The normalized spacial score (nSPS) is 23.1. The first-order valence-corrected chi connectivity index (χ1v) is 7.37. The molecule has 3 nitrogen and oxygen atoms in total. The molecule has 108 valence electrons. The van der Waals surface area contributed by atoms with E-state index in [0.29, 0.717) is 6.04 Å². The summed E-state index contributed by atoms with van der Waals surface area (Å²) in [5.74, 6) is -0.0318. The van der Waals surface area contributed by atoms with E-state index in [0.717, 1.165) is 24.1 Å². The molecule has 1 aliphatic carbocycles. The van der Waals surface area contributed by atoms with Gasteiger partial charge < -0.3 is 10.4 Å². The Bertz CT molecular complexity index is 456. The monoisotopic (exact) mass is 273 g/mol. The highest BCUT2D eigenvalue weighted by Crippen LogP contribution is 2.23. The van der Waals surface area contributed by atoms with Gasteiger partial charge in [0.2, 0.25) is 0 Å². The van der Waals surface area contributed by atoms with Crippen molar-refractivity contribution in [1.29, 1.82) is 0 Å². The standard InChI is InChI=1S/C17H23NO2/c1-13-2-9-16(10-3-13)18-12-15-6-4-14(5-7-15)8-11-17(19)20/h4-8,11,13,16,18H,2-3,9-10,12H2,1H3,(H,19,20)/b11-8+. The molecule has 3 heteroatoms. The lowest BCUT2D eigenvalue weighted by atomic mass is 9.87. The summed E-state index contributed by atoms with van der Waals surface area (Å²) in [5, 5.41) is 12.2. The fourth-order valence-corrected chi connectivity index (χ4v) is 2.64. The minimum atomic E-state index is -0.915. The highest BCUT2D eigenvalue weighted by atomic mass is 16.4. The van der Waals surface area contributed by atoms with E-state index in [1.165, 1.54) is 31.2 Å². The third-order valence-corrected chi connectivity index (χ3v) is 4.01. The molecule has 0 spiro atoms. The van der Waals surface area contributed by atoms with Gasteiger partial charge >= 0.3 is 5.97 Å². The van der Waals surface area contributed by atoms with E-state index in [9.17, 15) is 4.79 Å². The van der Waals surface area contributed by atoms with Gasteiger partial charge in [0.15, 0.2) is 0 Å². The first kappa shape index (κ1) is 14.8. The Labute approximate surface area is 120 Å². The molecule has 0 heterocycles. The molecule has 1 aromatic rings. The zero-order chi connectivity index (χ0) is 14.4. The average molecular weight is 273 g/mol. The molecule has 0 bridgehead atoms. The summed E-state index contributed by atoms with van der Waals surface area (Å²) >= 11 is 0. The highest BCUT2D eigenvalue weighted by molar-refractivity contribution is 5.85. The Morgan fingerprint density at radius 1 is 1.25 bits per heavy atom. The molecular weight excluding hydrogens is 250 g/mol. The molecule has 1 fully saturated rings. The number of carboxylic acids is 1. The third-order valence-electron chi connectivity index (χ3n) is 4.01. The molecule has 1 aromatic carbocycles. The van der Waals surface area contributed by atoms with Crippen molar-refractivity contribution >= 4 is 12.0 Å². The van der Waals surface area contributed by atoms with Crippen molar-refractivity contribution < 1.29 is 9.90 Å². The number of benzene rings is 1. The van der Waals surface area contributed by atoms with Crippen LogP contribution in [0.2, 0.25) is 0 Å². The minimum absolute atomic E-state index is 0.651. The maximum absolute atomic E-state index is 10.4. The second-order valence-electron chi connectivity index (χ2n) is 5.75. The predicted octanol–water partition coefficient (Wildman–Crippen LogP) is 3.45. The Balaban J connectivity index is 1.80. The van der Waals surface area contributed by atoms with Gasteiger partial charge in [-0.2, -0.15) is 0 Å². The Hall–Kier alpha value is -1.61. The van der Waals surface area contributed by atoms with Gasteiger partial charge in [-0.25, -0.2) is 4.79 Å². The van der Waals surface area contributed by atoms with Crippen LogP contribution < -0.4 is 5.32 Å². The van der Waals surface area contributed by atoms with Crippen LogP contribution in [-0.4, -0.2) is 17.1 Å². The van der Waals surface area contributed by atoms with Crippen molar-refractivity contribution in [3.05, 3.63) is 41.5 Å². The van der Waals surface area contributed by atoms with Gasteiger partial charge in [0.1, 0.15) is 0 Å². The summed E-state index contributed by atoms with van der Waals surface area (Å²) in [4.78, 5) is 10.4. The van der Waals surface area contributed by atoms with Crippen LogP contribution in [0.5, 0.6) is 0 Å². The first-order chi connectivity index (χ1) is 9.63. The molecular formula is C17H23NO2. The number of nitrogens with one attached hydrogen (secondary N) is 1. The summed E-state index contributed by atoms with van der Waals surface area (Å²) in [6, 6.07) is 8.68. The zero-order valence-electron chi connectivity index (χ0n) is 12.0. The lowest BCUT2D eigenvalue weighted by Gasteiger charge is -2.27. The number of aliphatic carboxylic acids is 1. The van der Waals surface area contributed by atoms with E-state index in [-0.39, 0.29) is 0 Å². The molecule has 20 heavy (non-hydrogen) atoms. The molecule has 1 aliphatic rings. The van der Waals surface area contributed by atoms with Gasteiger partial charge in [0.25, 0.3) is 0 Å². The van der Waals surface area contributed by atoms with Crippen molar-refractivity contribution in [3.63, 3.8) is 0 Å². The fourth-order valence-electron chi connectivity index (χ4n) is 2.64. The van der Waals surface area contributed by atoms with Gasteiger partial charge in [0.05, 0.1) is 0 Å². The molecule has 0 radical (unpaired) electrons. The summed E-state index contributed by atoms with van der Waals surface area (Å²) in [6.07, 6.45) is 7.99. The van der Waals surface area contributed by atoms with Crippen LogP contribution in [0.3, 0.4) is 0 Å². The molecule has 2 N–H and O–H groups in total. The lowest BCUT2D eigenvalue weighted by Crippen LogP contribution is -2.32. The quantitative estimate of drug-likeness (QED) is 0.808. The Morgan fingerprint density at radius 3 is 2.50 bits per heavy atom. The summed E-state index contributed by atoms with van der Waals surface area (Å²) < 4.78 is 0. The second-order valence-corrected chi connectivity index (χ2v) is 5.75. The second kappa shape index (κ2) is 7.25. The van der Waals surface area contributed by atoms with Crippen molar-refractivity contribution in [3.8, 4) is 0 Å². The highest BCUT2D eigenvalue weighted by Gasteiger charge is 2.17. The maximum Gasteiger partial charge on any atom is 0.328 e. The van der Waals surface area contributed by atoms with Gasteiger partial charge in [-0.3, -0.25) is 0 Å². The summed E-state index contributed by atoms with van der Waals surface area (Å²) in [6.45, 7) is 3.22. The SMILES string of the molecule is CC1CCC(NCc2ccc(/C=C/C(=O)O)cc2)CC1. The van der Waals surface area contributed by atoms with E-state index in [1.807, 2.05) is 12.1 Å². The van der Waals surface area contributed by atoms with E-state index in [1.54, 1.807) is 6.08 Å². The van der Waals surface area contributed by atoms with Crippen LogP contribution in [-0.2, 0) is 11.3 Å². The van der Waals surface area contributed by atoms with Gasteiger partial charge in [-0.05, 0) is 48.8 Å². The van der Waals surface area contributed by atoms with E-state index in [4.69, 9.17) is 5.11 Å². The van der Waals surface area contributed by atoms with Crippen molar-refractivity contribution in [2.24, 2.45) is 5.92 Å². The van der Waals surface area contributed by atoms with Crippen LogP contribution in [0.25, 0.3) is 6.08 Å². The maximum atomic E-state index is 10.4. The van der Waals surface area contributed by atoms with Crippen LogP contribution in [0.4, 0.5) is 0 Å². The number of rotatable bonds is 5. The van der Waals surface area contributed by atoms with Crippen molar-refractivity contribution in [2.45, 2.75) is 45.2 Å². The lowest BCUT2D eigenvalue weighted by molar-refractivity contribution is -0.131. The molecule has 0 amide bonds. The predicted molar refractivity (Wildman–Crippen MR) is 81.4 cm³/mol. The van der Waals surface area contributed by atoms with Crippen LogP contribution in [0, 0.1) is 5.92 Å². The van der Waals surface area contributed by atoms with Crippen LogP contribution in [0.15, 0.2) is 30.3 Å². The van der Waals surface area contributed by atoms with Gasteiger partial charge in [-0.1, -0.05) is 31.2 Å². The smallest absolute Gasteiger partial charge is 0.328 e. The van der Waals surface area contributed by atoms with Crippen molar-refractivity contribution in [2.75, 3.05) is 0 Å². The number of hydrogen-bond donors (Lipinski definition) is 2. The number of carboxylic acid groups (broad SMARTS) is 1. The minimum Gasteiger partial charge on any atom is -0.478 e. The molecule has 1 saturated carbocycles. The Morgan fingerprint density at radius 2 is 1.90 bits per heavy atom.